The first-order valence-electron chi connectivity index (χ1n) is 5.36. The van der Waals surface area contributed by atoms with Crippen LogP contribution in [0.2, 0.25) is 0 Å². The van der Waals surface area contributed by atoms with Gasteiger partial charge in [0.1, 0.15) is 0 Å². The largest absolute Gasteiger partial charge is 0.0839 e. The zero-order valence-electron chi connectivity index (χ0n) is 9.26. The predicted octanol–water partition coefficient (Wildman–Crippen LogP) is 4.73. The van der Waals surface area contributed by atoms with Gasteiger partial charge in [-0.25, -0.2) is 0 Å². The molecule has 1 rings (SSSR count). The lowest BCUT2D eigenvalue weighted by Crippen LogP contribution is -1.94. The van der Waals surface area contributed by atoms with Gasteiger partial charge in [-0.2, -0.15) is 0 Å². The Morgan fingerprint density at radius 1 is 1.14 bits per heavy atom. The summed E-state index contributed by atoms with van der Waals surface area (Å²) in [6.07, 6.45) is 2.32. The minimum Gasteiger partial charge on any atom is -0.0839 e. The fraction of sp³-hybridized carbons (Fsp3) is 0.538. The van der Waals surface area contributed by atoms with Gasteiger partial charge in [-0.1, -0.05) is 61.0 Å². The van der Waals surface area contributed by atoms with E-state index in [1.807, 2.05) is 0 Å². The maximum absolute atomic E-state index is 3.66. The molecule has 0 radical (unpaired) electrons. The van der Waals surface area contributed by atoms with Gasteiger partial charge in [-0.3, -0.25) is 0 Å². The molecular weight excluding hydrogens is 236 g/mol. The smallest absolute Gasteiger partial charge is 0.0392 e. The van der Waals surface area contributed by atoms with Crippen LogP contribution in [0, 0.1) is 5.92 Å². The van der Waals surface area contributed by atoms with Crippen LogP contribution in [0.3, 0.4) is 0 Å². The Bertz CT molecular complexity index is 261. The molecule has 1 aromatic rings. The molecule has 0 aliphatic carbocycles. The quantitative estimate of drug-likeness (QED) is 0.682. The van der Waals surface area contributed by atoms with Crippen molar-refractivity contribution in [2.45, 2.75) is 38.4 Å². The molecular formula is C13H19Br. The molecule has 0 heterocycles. The summed E-state index contributed by atoms with van der Waals surface area (Å²) < 4.78 is 0. The highest BCUT2D eigenvalue weighted by Gasteiger charge is 2.04. The van der Waals surface area contributed by atoms with Crippen molar-refractivity contribution >= 4 is 15.9 Å². The maximum Gasteiger partial charge on any atom is 0.0392 e. The third kappa shape index (κ3) is 3.45. The van der Waals surface area contributed by atoms with Crippen LogP contribution >= 0.6 is 15.9 Å². The van der Waals surface area contributed by atoms with Crippen molar-refractivity contribution in [2.75, 3.05) is 0 Å². The number of rotatable bonds is 4. The van der Waals surface area contributed by atoms with Gasteiger partial charge in [-0.05, 0) is 29.9 Å². The van der Waals surface area contributed by atoms with E-state index in [1.165, 1.54) is 17.5 Å². The van der Waals surface area contributed by atoms with Crippen LogP contribution < -0.4 is 0 Å². The first-order chi connectivity index (χ1) is 6.63. The summed E-state index contributed by atoms with van der Waals surface area (Å²) in [6.45, 7) is 6.71. The highest BCUT2D eigenvalue weighted by atomic mass is 79.9. The molecule has 0 fully saturated rings. The van der Waals surface area contributed by atoms with E-state index >= 15 is 0 Å². The van der Waals surface area contributed by atoms with Gasteiger partial charge in [-0.15, -0.1) is 0 Å². The number of hydrogen-bond donors (Lipinski definition) is 0. The lowest BCUT2D eigenvalue weighted by Gasteiger charge is -2.09. The molecule has 0 N–H and O–H groups in total. The molecule has 0 bridgehead atoms. The molecule has 1 atom stereocenters. The van der Waals surface area contributed by atoms with Crippen molar-refractivity contribution in [1.82, 2.24) is 0 Å². The zero-order chi connectivity index (χ0) is 10.6. The van der Waals surface area contributed by atoms with E-state index in [2.05, 4.69) is 61.0 Å². The minimum atomic E-state index is 0.510. The van der Waals surface area contributed by atoms with E-state index in [1.54, 1.807) is 0 Å². The van der Waals surface area contributed by atoms with E-state index in [0.29, 0.717) is 4.83 Å². The highest BCUT2D eigenvalue weighted by Crippen LogP contribution is 2.26. The lowest BCUT2D eigenvalue weighted by molar-refractivity contribution is 0.647. The number of hydrogen-bond acceptors (Lipinski definition) is 0. The molecule has 0 amide bonds. The van der Waals surface area contributed by atoms with Gasteiger partial charge in [0.25, 0.3) is 0 Å². The second-order valence-corrected chi connectivity index (χ2v) is 5.32. The van der Waals surface area contributed by atoms with Gasteiger partial charge in [0, 0.05) is 4.83 Å². The van der Waals surface area contributed by atoms with Crippen molar-refractivity contribution in [3.8, 4) is 0 Å². The molecule has 0 saturated carbocycles. The maximum atomic E-state index is 3.66. The van der Waals surface area contributed by atoms with Crippen LogP contribution in [-0.4, -0.2) is 0 Å². The summed E-state index contributed by atoms with van der Waals surface area (Å²) in [6, 6.07) is 8.97. The fourth-order valence-electron chi connectivity index (χ4n) is 1.57. The average molecular weight is 255 g/mol. The van der Waals surface area contributed by atoms with Crippen molar-refractivity contribution < 1.29 is 0 Å². The Morgan fingerprint density at radius 2 is 1.71 bits per heavy atom. The van der Waals surface area contributed by atoms with Gasteiger partial charge >= 0.3 is 0 Å². The summed E-state index contributed by atoms with van der Waals surface area (Å²) in [5.41, 5.74) is 2.83. The molecule has 0 aliphatic rings. The molecule has 14 heavy (non-hydrogen) atoms. The number of alkyl halides is 1. The summed E-state index contributed by atoms with van der Waals surface area (Å²) in [7, 11) is 0. The van der Waals surface area contributed by atoms with Crippen molar-refractivity contribution in [1.29, 1.82) is 0 Å². The van der Waals surface area contributed by atoms with Gasteiger partial charge in [0.15, 0.2) is 0 Å². The highest BCUT2D eigenvalue weighted by molar-refractivity contribution is 9.09. The molecule has 1 aromatic carbocycles. The standard InChI is InChI=1S/C13H19Br/c1-4-13(14)12-7-5-11(6-8-12)9-10(2)3/h5-8,10,13H,4,9H2,1-3H3. The summed E-state index contributed by atoms with van der Waals surface area (Å²) in [5.74, 6) is 0.742. The monoisotopic (exact) mass is 254 g/mol. The minimum absolute atomic E-state index is 0.510. The topological polar surface area (TPSA) is 0 Å². The van der Waals surface area contributed by atoms with Crippen molar-refractivity contribution in [3.05, 3.63) is 35.4 Å². The molecule has 1 heteroatoms. The molecule has 78 valence electrons. The molecule has 0 saturated heterocycles. The third-order valence-corrected chi connectivity index (χ3v) is 3.52. The number of halogens is 1. The second kappa shape index (κ2) is 5.55. The van der Waals surface area contributed by atoms with Crippen LogP contribution in [0.25, 0.3) is 0 Å². The van der Waals surface area contributed by atoms with E-state index < -0.39 is 0 Å². The molecule has 0 spiro atoms. The summed E-state index contributed by atoms with van der Waals surface area (Å²) in [4.78, 5) is 0.510. The summed E-state index contributed by atoms with van der Waals surface area (Å²) >= 11 is 3.66. The third-order valence-electron chi connectivity index (χ3n) is 2.34. The Kier molecular flexibility index (Phi) is 4.67. The molecule has 0 aromatic heterocycles. The molecule has 1 unspecified atom stereocenters. The van der Waals surface area contributed by atoms with Crippen molar-refractivity contribution in [3.63, 3.8) is 0 Å². The van der Waals surface area contributed by atoms with E-state index in [-0.39, 0.29) is 0 Å². The average Bonchev–Trinajstić information content (AvgIpc) is 2.17. The van der Waals surface area contributed by atoms with Crippen molar-refractivity contribution in [2.24, 2.45) is 5.92 Å². The molecule has 0 aliphatic heterocycles. The second-order valence-electron chi connectivity index (χ2n) is 4.22. The van der Waals surface area contributed by atoms with E-state index in [0.717, 1.165) is 12.3 Å². The van der Waals surface area contributed by atoms with Crippen LogP contribution in [0.4, 0.5) is 0 Å². The van der Waals surface area contributed by atoms with Crippen LogP contribution in [0.1, 0.15) is 43.1 Å². The Labute approximate surface area is 95.9 Å². The lowest BCUT2D eigenvalue weighted by atomic mass is 10.0. The van der Waals surface area contributed by atoms with Gasteiger partial charge in [0.05, 0.1) is 0 Å². The van der Waals surface area contributed by atoms with E-state index in [4.69, 9.17) is 0 Å². The molecule has 0 nitrogen and oxygen atoms in total. The first kappa shape index (κ1) is 11.8. The van der Waals surface area contributed by atoms with Crippen LogP contribution in [0.15, 0.2) is 24.3 Å². The predicted molar refractivity (Wildman–Crippen MR) is 66.9 cm³/mol. The zero-order valence-corrected chi connectivity index (χ0v) is 10.8. The van der Waals surface area contributed by atoms with Gasteiger partial charge in [0.2, 0.25) is 0 Å². The Morgan fingerprint density at radius 3 is 2.14 bits per heavy atom. The Balaban J connectivity index is 2.68. The number of benzene rings is 1. The van der Waals surface area contributed by atoms with E-state index in [9.17, 15) is 0 Å². The fourth-order valence-corrected chi connectivity index (χ4v) is 1.87. The van der Waals surface area contributed by atoms with Crippen LogP contribution in [-0.2, 0) is 6.42 Å². The van der Waals surface area contributed by atoms with Gasteiger partial charge < -0.3 is 0 Å². The normalized spacial score (nSPS) is 13.2. The first-order valence-corrected chi connectivity index (χ1v) is 6.28. The van der Waals surface area contributed by atoms with Crippen LogP contribution in [0.5, 0.6) is 0 Å². The summed E-state index contributed by atoms with van der Waals surface area (Å²) in [5, 5.41) is 0. The Hall–Kier alpha value is -0.300. The SMILES string of the molecule is CCC(Br)c1ccc(CC(C)C)cc1.